The number of hydrogen-bond donors (Lipinski definition) is 2. The summed E-state index contributed by atoms with van der Waals surface area (Å²) in [4.78, 5) is 2.47. The fourth-order valence-corrected chi connectivity index (χ4v) is 2.67. The Balaban J connectivity index is 2.07. The van der Waals surface area contributed by atoms with Crippen molar-refractivity contribution < 1.29 is 0 Å². The fraction of sp³-hybridized carbons (Fsp3) is 0.889. The second-order valence-electron chi connectivity index (χ2n) is 4.17. The van der Waals surface area contributed by atoms with E-state index in [1.807, 2.05) is 0 Å². The number of nitrogens with one attached hydrogen (secondary N) is 1. The Hall–Kier alpha value is -0.570. The monoisotopic (exact) mass is 167 g/mol. The van der Waals surface area contributed by atoms with Gasteiger partial charge in [-0.15, -0.1) is 0 Å². The van der Waals surface area contributed by atoms with Crippen LogP contribution in [0.1, 0.15) is 25.7 Å². The summed E-state index contributed by atoms with van der Waals surface area (Å²) < 4.78 is 0. The van der Waals surface area contributed by atoms with Crippen LogP contribution in [0.25, 0.3) is 0 Å². The van der Waals surface area contributed by atoms with E-state index in [1.165, 1.54) is 12.8 Å². The lowest BCUT2D eigenvalue weighted by Gasteiger charge is -2.35. The smallest absolute Gasteiger partial charge is 0.0938 e. The van der Waals surface area contributed by atoms with Gasteiger partial charge in [0.15, 0.2) is 0 Å². The van der Waals surface area contributed by atoms with Gasteiger partial charge in [-0.2, -0.15) is 0 Å². The first-order valence-corrected chi connectivity index (χ1v) is 4.74. The van der Waals surface area contributed by atoms with Gasteiger partial charge in [0, 0.05) is 18.0 Å². The van der Waals surface area contributed by atoms with E-state index in [0.717, 1.165) is 12.8 Å². The van der Waals surface area contributed by atoms with E-state index in [1.54, 1.807) is 0 Å². The number of nitrogens with two attached hydrogens (primary N) is 1. The number of piperidine rings is 1. The molecule has 0 aromatic carbocycles. The van der Waals surface area contributed by atoms with Crippen LogP contribution in [0.15, 0.2) is 0 Å². The molecule has 2 atom stereocenters. The first-order chi connectivity index (χ1) is 5.68. The van der Waals surface area contributed by atoms with Crippen molar-refractivity contribution in [1.82, 2.24) is 4.90 Å². The maximum atomic E-state index is 7.42. The van der Waals surface area contributed by atoms with Crippen LogP contribution >= 0.6 is 0 Å². The maximum Gasteiger partial charge on any atom is 0.0938 e. The van der Waals surface area contributed by atoms with Crippen LogP contribution in [0.4, 0.5) is 0 Å². The van der Waals surface area contributed by atoms with Gasteiger partial charge >= 0.3 is 0 Å². The normalized spacial score (nSPS) is 41.6. The molecular weight excluding hydrogens is 150 g/mol. The Morgan fingerprint density at radius 3 is 2.25 bits per heavy atom. The zero-order valence-corrected chi connectivity index (χ0v) is 7.59. The van der Waals surface area contributed by atoms with Crippen molar-refractivity contribution in [2.24, 2.45) is 11.7 Å². The molecule has 2 aliphatic heterocycles. The molecule has 0 amide bonds. The Labute approximate surface area is 73.4 Å². The van der Waals surface area contributed by atoms with Crippen molar-refractivity contribution in [3.05, 3.63) is 0 Å². The molecule has 0 aromatic heterocycles. The standard InChI is InChI=1S/C9H17N3/c1-12-7-2-3-8(12)5-6(4-7)9(10)11/h6-8H,2-5H2,1H3,(H3,10,11). The summed E-state index contributed by atoms with van der Waals surface area (Å²) in [7, 11) is 2.21. The summed E-state index contributed by atoms with van der Waals surface area (Å²) >= 11 is 0. The Morgan fingerprint density at radius 1 is 1.33 bits per heavy atom. The van der Waals surface area contributed by atoms with Crippen molar-refractivity contribution in [2.75, 3.05) is 7.05 Å². The molecule has 3 N–H and O–H groups in total. The quantitative estimate of drug-likeness (QED) is 0.448. The Bertz CT molecular complexity index is 188. The van der Waals surface area contributed by atoms with Gasteiger partial charge in [-0.3, -0.25) is 5.41 Å². The van der Waals surface area contributed by atoms with Crippen LogP contribution in [0.3, 0.4) is 0 Å². The van der Waals surface area contributed by atoms with E-state index in [2.05, 4.69) is 11.9 Å². The van der Waals surface area contributed by atoms with Gasteiger partial charge < -0.3 is 10.6 Å². The van der Waals surface area contributed by atoms with Crippen molar-refractivity contribution in [3.63, 3.8) is 0 Å². The maximum absolute atomic E-state index is 7.42. The molecule has 0 spiro atoms. The average molecular weight is 167 g/mol. The van der Waals surface area contributed by atoms with Crippen molar-refractivity contribution in [3.8, 4) is 0 Å². The van der Waals surface area contributed by atoms with E-state index >= 15 is 0 Å². The minimum atomic E-state index is 0.374. The molecule has 2 bridgehead atoms. The van der Waals surface area contributed by atoms with Crippen LogP contribution in [0.2, 0.25) is 0 Å². The van der Waals surface area contributed by atoms with Crippen molar-refractivity contribution in [2.45, 2.75) is 37.8 Å². The molecule has 0 radical (unpaired) electrons. The highest BCUT2D eigenvalue weighted by Gasteiger charge is 2.39. The van der Waals surface area contributed by atoms with Gasteiger partial charge in [0.2, 0.25) is 0 Å². The minimum absolute atomic E-state index is 0.374. The molecule has 68 valence electrons. The molecule has 0 aromatic rings. The number of fused-ring (bicyclic) bond motifs is 2. The lowest BCUT2D eigenvalue weighted by atomic mass is 9.90. The van der Waals surface area contributed by atoms with Gasteiger partial charge in [-0.1, -0.05) is 0 Å². The summed E-state index contributed by atoms with van der Waals surface area (Å²) in [5.41, 5.74) is 5.53. The highest BCUT2D eigenvalue weighted by molar-refractivity contribution is 5.79. The van der Waals surface area contributed by atoms with E-state index in [-0.39, 0.29) is 0 Å². The van der Waals surface area contributed by atoms with E-state index < -0.39 is 0 Å². The molecule has 3 heteroatoms. The predicted molar refractivity (Wildman–Crippen MR) is 49.2 cm³/mol. The highest BCUT2D eigenvalue weighted by atomic mass is 15.2. The van der Waals surface area contributed by atoms with Crippen molar-refractivity contribution in [1.29, 1.82) is 5.41 Å². The molecule has 2 heterocycles. The molecule has 2 fully saturated rings. The molecule has 3 nitrogen and oxygen atoms in total. The lowest BCUT2D eigenvalue weighted by molar-refractivity contribution is 0.158. The first kappa shape index (κ1) is 8.05. The molecule has 0 aliphatic carbocycles. The third-order valence-electron chi connectivity index (χ3n) is 3.54. The minimum Gasteiger partial charge on any atom is -0.387 e. The summed E-state index contributed by atoms with van der Waals surface area (Å²) in [6, 6.07) is 1.41. The van der Waals surface area contributed by atoms with Crippen LogP contribution < -0.4 is 5.73 Å². The third-order valence-corrected chi connectivity index (χ3v) is 3.54. The summed E-state index contributed by atoms with van der Waals surface area (Å²) in [5.74, 6) is 0.777. The van der Waals surface area contributed by atoms with E-state index in [4.69, 9.17) is 11.1 Å². The van der Waals surface area contributed by atoms with Crippen molar-refractivity contribution >= 4 is 5.84 Å². The zero-order valence-electron chi connectivity index (χ0n) is 7.59. The zero-order chi connectivity index (χ0) is 8.72. The van der Waals surface area contributed by atoms with Crippen LogP contribution in [0.5, 0.6) is 0 Å². The summed E-state index contributed by atoms with van der Waals surface area (Å²) in [5, 5.41) is 7.42. The Morgan fingerprint density at radius 2 is 1.83 bits per heavy atom. The van der Waals surface area contributed by atoms with Gasteiger partial charge in [-0.25, -0.2) is 0 Å². The Kier molecular flexibility index (Phi) is 1.83. The largest absolute Gasteiger partial charge is 0.387 e. The van der Waals surface area contributed by atoms with Crippen LogP contribution in [-0.4, -0.2) is 29.9 Å². The SMILES string of the molecule is CN1C2CCC1CC(C(=N)N)C2. The van der Waals surface area contributed by atoms with Gasteiger partial charge in [-0.05, 0) is 32.7 Å². The summed E-state index contributed by atoms with van der Waals surface area (Å²) in [6.07, 6.45) is 4.85. The molecule has 2 unspecified atom stereocenters. The molecule has 2 aliphatic rings. The van der Waals surface area contributed by atoms with Gasteiger partial charge in [0.25, 0.3) is 0 Å². The van der Waals surface area contributed by atoms with E-state index in [9.17, 15) is 0 Å². The number of hydrogen-bond acceptors (Lipinski definition) is 2. The number of amidine groups is 1. The topological polar surface area (TPSA) is 53.1 Å². The predicted octanol–water partition coefficient (Wildman–Crippen LogP) is 0.795. The van der Waals surface area contributed by atoms with Crippen LogP contribution in [-0.2, 0) is 0 Å². The molecular formula is C9H17N3. The fourth-order valence-electron chi connectivity index (χ4n) is 2.67. The number of rotatable bonds is 1. The van der Waals surface area contributed by atoms with Crippen LogP contribution in [0, 0.1) is 11.3 Å². The molecule has 0 saturated carbocycles. The first-order valence-electron chi connectivity index (χ1n) is 4.74. The molecule has 2 rings (SSSR count). The number of nitrogens with zero attached hydrogens (tertiary/aromatic N) is 1. The second kappa shape index (κ2) is 2.73. The average Bonchev–Trinajstić information content (AvgIpc) is 2.30. The third kappa shape index (κ3) is 1.12. The molecule has 2 saturated heterocycles. The van der Waals surface area contributed by atoms with Gasteiger partial charge in [0.05, 0.1) is 5.84 Å². The van der Waals surface area contributed by atoms with Gasteiger partial charge in [0.1, 0.15) is 0 Å². The molecule has 12 heavy (non-hydrogen) atoms. The highest BCUT2D eigenvalue weighted by Crippen LogP contribution is 2.37. The second-order valence-corrected chi connectivity index (χ2v) is 4.17. The summed E-state index contributed by atoms with van der Waals surface area (Å²) in [6.45, 7) is 0. The lowest BCUT2D eigenvalue weighted by Crippen LogP contribution is -2.43. The van der Waals surface area contributed by atoms with E-state index in [0.29, 0.717) is 23.8 Å².